The summed E-state index contributed by atoms with van der Waals surface area (Å²) in [5.74, 6) is 0.0378. The first-order valence-electron chi connectivity index (χ1n) is 4.02. The Hall–Kier alpha value is -0.420. The molecule has 1 aromatic rings. The predicted octanol–water partition coefficient (Wildman–Crippen LogP) is 2.71. The molecular weight excluding hydrogens is 314 g/mol. The maximum absolute atomic E-state index is 10.8. The largest absolute Gasteiger partial charge is 0.407 e. The smallest absolute Gasteiger partial charge is 0.309 e. The molecule has 0 aliphatic heterocycles. The van der Waals surface area contributed by atoms with Crippen LogP contribution < -0.4 is 4.74 Å². The zero-order valence-electron chi connectivity index (χ0n) is 7.59. The molecule has 0 saturated heterocycles. The van der Waals surface area contributed by atoms with Gasteiger partial charge < -0.3 is 4.74 Å². The molecule has 5 heteroatoms. The van der Waals surface area contributed by atoms with Crippen LogP contribution in [0.4, 0.5) is 0 Å². The highest BCUT2D eigenvalue weighted by Crippen LogP contribution is 2.21. The number of rotatable bonds is 3. The molecule has 0 fully saturated rings. The third kappa shape index (κ3) is 3.38. The maximum Gasteiger partial charge on any atom is 0.309 e. The quantitative estimate of drug-likeness (QED) is 0.634. The van der Waals surface area contributed by atoms with Crippen LogP contribution in [-0.2, 0) is 11.2 Å². The number of carbonyl (C=O) groups excluding carboxylic acids is 1. The molecule has 14 heavy (non-hydrogen) atoms. The van der Waals surface area contributed by atoms with E-state index in [1.807, 2.05) is 6.07 Å². The van der Waals surface area contributed by atoms with E-state index in [1.54, 1.807) is 6.20 Å². The molecule has 1 heterocycles. The number of aromatic nitrogens is 1. The molecule has 3 nitrogen and oxygen atoms in total. The molecule has 0 aliphatic rings. The van der Waals surface area contributed by atoms with Crippen molar-refractivity contribution in [2.24, 2.45) is 0 Å². The molecule has 0 radical (unpaired) electrons. The molecule has 0 spiro atoms. The lowest BCUT2D eigenvalue weighted by Crippen LogP contribution is -2.06. The SMILES string of the molecule is CC(=O)Oc1ncc(Br)cc1CCBr. The highest BCUT2D eigenvalue weighted by molar-refractivity contribution is 9.10. The van der Waals surface area contributed by atoms with E-state index in [9.17, 15) is 4.79 Å². The summed E-state index contributed by atoms with van der Waals surface area (Å²) in [5, 5.41) is 0.805. The molecule has 0 unspecified atom stereocenters. The van der Waals surface area contributed by atoms with Crippen LogP contribution in [0, 0.1) is 0 Å². The first kappa shape index (κ1) is 11.7. The van der Waals surface area contributed by atoms with Crippen molar-refractivity contribution in [2.45, 2.75) is 13.3 Å². The lowest BCUT2D eigenvalue weighted by atomic mass is 10.2. The second-order valence-electron chi connectivity index (χ2n) is 2.65. The lowest BCUT2D eigenvalue weighted by molar-refractivity contribution is -0.132. The van der Waals surface area contributed by atoms with Crippen LogP contribution in [0.3, 0.4) is 0 Å². The van der Waals surface area contributed by atoms with Gasteiger partial charge >= 0.3 is 5.97 Å². The Bertz CT molecular complexity index is 342. The molecule has 0 saturated carbocycles. The van der Waals surface area contributed by atoms with Gasteiger partial charge in [-0.25, -0.2) is 4.98 Å². The summed E-state index contributed by atoms with van der Waals surface area (Å²) in [6.07, 6.45) is 2.38. The minimum absolute atomic E-state index is 0.351. The maximum atomic E-state index is 10.8. The topological polar surface area (TPSA) is 39.2 Å². The molecule has 0 N–H and O–H groups in total. The molecule has 0 aliphatic carbocycles. The number of carbonyl (C=O) groups is 1. The van der Waals surface area contributed by atoms with Crippen LogP contribution in [0.15, 0.2) is 16.7 Å². The van der Waals surface area contributed by atoms with Crippen molar-refractivity contribution in [1.29, 1.82) is 0 Å². The van der Waals surface area contributed by atoms with E-state index in [4.69, 9.17) is 4.74 Å². The molecule has 0 bridgehead atoms. The van der Waals surface area contributed by atoms with Crippen LogP contribution in [-0.4, -0.2) is 16.3 Å². The first-order chi connectivity index (χ1) is 6.63. The van der Waals surface area contributed by atoms with Gasteiger partial charge in [0.15, 0.2) is 0 Å². The van der Waals surface area contributed by atoms with Gasteiger partial charge in [-0.3, -0.25) is 4.79 Å². The van der Waals surface area contributed by atoms with E-state index >= 15 is 0 Å². The predicted molar refractivity (Wildman–Crippen MR) is 60.7 cm³/mol. The average molecular weight is 323 g/mol. The average Bonchev–Trinajstić information content (AvgIpc) is 2.09. The van der Waals surface area contributed by atoms with Gasteiger partial charge in [-0.1, -0.05) is 15.9 Å². The number of alkyl halides is 1. The molecular formula is C9H9Br2NO2. The minimum atomic E-state index is -0.351. The number of halogens is 2. The number of pyridine rings is 1. The molecule has 1 aromatic heterocycles. The summed E-state index contributed by atoms with van der Waals surface area (Å²) in [4.78, 5) is 14.8. The molecule has 0 aromatic carbocycles. The highest BCUT2D eigenvalue weighted by Gasteiger charge is 2.07. The number of hydrogen-bond donors (Lipinski definition) is 0. The second kappa shape index (κ2) is 5.46. The third-order valence-corrected chi connectivity index (χ3v) is 2.33. The van der Waals surface area contributed by atoms with Gasteiger partial charge in [-0.2, -0.15) is 0 Å². The van der Waals surface area contributed by atoms with Crippen LogP contribution in [0.2, 0.25) is 0 Å². The standard InChI is InChI=1S/C9H9Br2NO2/c1-6(13)14-9-7(2-3-10)4-8(11)5-12-9/h4-5H,2-3H2,1H3. The summed E-state index contributed by atoms with van der Waals surface area (Å²) in [6, 6.07) is 1.90. The van der Waals surface area contributed by atoms with Crippen molar-refractivity contribution in [3.05, 3.63) is 22.3 Å². The van der Waals surface area contributed by atoms with Gasteiger partial charge in [-0.15, -0.1) is 0 Å². The zero-order chi connectivity index (χ0) is 10.6. The Labute approximate surface area is 99.1 Å². The van der Waals surface area contributed by atoms with Gasteiger partial charge in [0.25, 0.3) is 0 Å². The van der Waals surface area contributed by atoms with Gasteiger partial charge in [0.05, 0.1) is 0 Å². The van der Waals surface area contributed by atoms with E-state index in [0.717, 1.165) is 21.8 Å². The third-order valence-electron chi connectivity index (χ3n) is 1.50. The Balaban J connectivity index is 2.95. The molecule has 76 valence electrons. The fourth-order valence-electron chi connectivity index (χ4n) is 0.978. The van der Waals surface area contributed by atoms with Crippen LogP contribution >= 0.6 is 31.9 Å². The minimum Gasteiger partial charge on any atom is -0.407 e. The van der Waals surface area contributed by atoms with Crippen molar-refractivity contribution < 1.29 is 9.53 Å². The van der Waals surface area contributed by atoms with E-state index < -0.39 is 0 Å². The fourth-order valence-corrected chi connectivity index (χ4v) is 1.78. The second-order valence-corrected chi connectivity index (χ2v) is 4.36. The Morgan fingerprint density at radius 3 is 2.93 bits per heavy atom. The van der Waals surface area contributed by atoms with Crippen molar-refractivity contribution in [2.75, 3.05) is 5.33 Å². The summed E-state index contributed by atoms with van der Waals surface area (Å²) < 4.78 is 5.84. The van der Waals surface area contributed by atoms with Gasteiger partial charge in [-0.05, 0) is 28.4 Å². The van der Waals surface area contributed by atoms with Gasteiger partial charge in [0.1, 0.15) is 0 Å². The van der Waals surface area contributed by atoms with Crippen LogP contribution in [0.25, 0.3) is 0 Å². The molecule has 1 rings (SSSR count). The van der Waals surface area contributed by atoms with E-state index in [-0.39, 0.29) is 5.97 Å². The fraction of sp³-hybridized carbons (Fsp3) is 0.333. The lowest BCUT2D eigenvalue weighted by Gasteiger charge is -2.06. The number of hydrogen-bond acceptors (Lipinski definition) is 3. The normalized spacial score (nSPS) is 9.93. The Morgan fingerprint density at radius 2 is 2.36 bits per heavy atom. The molecule has 0 atom stereocenters. The summed E-state index contributed by atoms with van der Waals surface area (Å²) in [5.41, 5.74) is 0.909. The molecule has 0 amide bonds. The first-order valence-corrected chi connectivity index (χ1v) is 5.93. The van der Waals surface area contributed by atoms with E-state index in [1.165, 1.54) is 6.92 Å². The summed E-state index contributed by atoms with van der Waals surface area (Å²) in [7, 11) is 0. The van der Waals surface area contributed by atoms with Gasteiger partial charge in [0, 0.05) is 28.5 Å². The van der Waals surface area contributed by atoms with E-state index in [2.05, 4.69) is 36.8 Å². The number of esters is 1. The zero-order valence-corrected chi connectivity index (χ0v) is 10.8. The van der Waals surface area contributed by atoms with Crippen LogP contribution in [0.1, 0.15) is 12.5 Å². The van der Waals surface area contributed by atoms with Crippen molar-refractivity contribution in [1.82, 2.24) is 4.98 Å². The van der Waals surface area contributed by atoms with Crippen molar-refractivity contribution in [3.8, 4) is 5.88 Å². The number of aryl methyl sites for hydroxylation is 1. The van der Waals surface area contributed by atoms with Crippen molar-refractivity contribution in [3.63, 3.8) is 0 Å². The van der Waals surface area contributed by atoms with E-state index in [0.29, 0.717) is 5.88 Å². The Morgan fingerprint density at radius 1 is 1.64 bits per heavy atom. The van der Waals surface area contributed by atoms with Crippen molar-refractivity contribution >= 4 is 37.8 Å². The summed E-state index contributed by atoms with van der Waals surface area (Å²) >= 11 is 6.64. The number of ether oxygens (including phenoxy) is 1. The summed E-state index contributed by atoms with van der Waals surface area (Å²) in [6.45, 7) is 1.36. The van der Waals surface area contributed by atoms with Crippen LogP contribution in [0.5, 0.6) is 5.88 Å². The monoisotopic (exact) mass is 321 g/mol. The highest BCUT2D eigenvalue weighted by atomic mass is 79.9. The number of nitrogens with zero attached hydrogens (tertiary/aromatic N) is 1. The van der Waals surface area contributed by atoms with Gasteiger partial charge in [0.2, 0.25) is 5.88 Å². The Kier molecular flexibility index (Phi) is 4.54.